The first-order valence-corrected chi connectivity index (χ1v) is 6.81. The maximum absolute atomic E-state index is 12.5. The molecule has 4 heteroatoms. The molecule has 2 heterocycles. The van der Waals surface area contributed by atoms with Gasteiger partial charge >= 0.3 is 0 Å². The van der Waals surface area contributed by atoms with Crippen LogP contribution < -0.4 is 5.32 Å². The van der Waals surface area contributed by atoms with Crippen LogP contribution in [0, 0.1) is 0 Å². The molecule has 1 amide bonds. The summed E-state index contributed by atoms with van der Waals surface area (Å²) in [4.78, 5) is 14.6. The Morgan fingerprint density at radius 1 is 1.50 bits per heavy atom. The van der Waals surface area contributed by atoms with Crippen LogP contribution in [0.1, 0.15) is 36.2 Å². The lowest BCUT2D eigenvalue weighted by atomic mass is 9.99. The van der Waals surface area contributed by atoms with Gasteiger partial charge in [0.15, 0.2) is 0 Å². The van der Waals surface area contributed by atoms with E-state index in [0.29, 0.717) is 6.04 Å². The number of nitrogens with one attached hydrogen (secondary N) is 1. The SMILES string of the molecule is CNCCC1CCCCN1C(=O)c1cccn1C. The first-order chi connectivity index (χ1) is 8.74. The molecule has 0 spiro atoms. The smallest absolute Gasteiger partial charge is 0.270 e. The number of likely N-dealkylation sites (tertiary alicyclic amines) is 1. The predicted molar refractivity (Wildman–Crippen MR) is 72.6 cm³/mol. The Morgan fingerprint density at radius 3 is 3.00 bits per heavy atom. The molecule has 0 radical (unpaired) electrons. The summed E-state index contributed by atoms with van der Waals surface area (Å²) in [6.45, 7) is 1.87. The second-order valence-corrected chi connectivity index (χ2v) is 5.04. The number of hydrogen-bond acceptors (Lipinski definition) is 2. The third kappa shape index (κ3) is 2.75. The normalized spacial score (nSPS) is 20.1. The Balaban J connectivity index is 2.08. The lowest BCUT2D eigenvalue weighted by molar-refractivity contribution is 0.0593. The van der Waals surface area contributed by atoms with E-state index in [9.17, 15) is 4.79 Å². The van der Waals surface area contributed by atoms with Crippen LogP contribution in [0.15, 0.2) is 18.3 Å². The Morgan fingerprint density at radius 2 is 2.33 bits per heavy atom. The third-order valence-electron chi connectivity index (χ3n) is 3.78. The van der Waals surface area contributed by atoms with Gasteiger partial charge in [-0.05, 0) is 51.4 Å². The summed E-state index contributed by atoms with van der Waals surface area (Å²) in [6.07, 6.45) is 6.49. The average molecular weight is 249 g/mol. The summed E-state index contributed by atoms with van der Waals surface area (Å²) < 4.78 is 1.91. The molecule has 100 valence electrons. The van der Waals surface area contributed by atoms with Crippen LogP contribution in [0.3, 0.4) is 0 Å². The van der Waals surface area contributed by atoms with Gasteiger partial charge in [0.1, 0.15) is 5.69 Å². The molecule has 1 atom stereocenters. The van der Waals surface area contributed by atoms with E-state index in [-0.39, 0.29) is 5.91 Å². The van der Waals surface area contributed by atoms with Gasteiger partial charge in [0.2, 0.25) is 0 Å². The monoisotopic (exact) mass is 249 g/mol. The molecule has 1 aromatic rings. The van der Waals surface area contributed by atoms with Gasteiger partial charge in [-0.3, -0.25) is 4.79 Å². The summed E-state index contributed by atoms with van der Waals surface area (Å²) in [5.74, 6) is 0.184. The fraction of sp³-hybridized carbons (Fsp3) is 0.643. The van der Waals surface area contributed by atoms with E-state index < -0.39 is 0 Å². The van der Waals surface area contributed by atoms with Crippen LogP contribution in [0.2, 0.25) is 0 Å². The topological polar surface area (TPSA) is 37.3 Å². The first kappa shape index (κ1) is 13.1. The largest absolute Gasteiger partial charge is 0.347 e. The summed E-state index contributed by atoms with van der Waals surface area (Å²) in [5, 5.41) is 3.18. The van der Waals surface area contributed by atoms with Gasteiger partial charge in [0.05, 0.1) is 0 Å². The molecule has 0 bridgehead atoms. The molecular weight excluding hydrogens is 226 g/mol. The highest BCUT2D eigenvalue weighted by molar-refractivity contribution is 5.93. The van der Waals surface area contributed by atoms with E-state index in [1.165, 1.54) is 6.42 Å². The molecule has 1 unspecified atom stereocenters. The summed E-state index contributed by atoms with van der Waals surface area (Å²) in [7, 11) is 3.89. The highest BCUT2D eigenvalue weighted by Gasteiger charge is 2.27. The molecule has 0 saturated carbocycles. The fourth-order valence-electron chi connectivity index (χ4n) is 2.71. The molecular formula is C14H23N3O. The van der Waals surface area contributed by atoms with Crippen molar-refractivity contribution in [3.63, 3.8) is 0 Å². The van der Waals surface area contributed by atoms with Crippen molar-refractivity contribution >= 4 is 5.91 Å². The number of rotatable bonds is 4. The summed E-state index contributed by atoms with van der Waals surface area (Å²) >= 11 is 0. The van der Waals surface area contributed by atoms with E-state index in [1.54, 1.807) is 0 Å². The Labute approximate surface area is 109 Å². The third-order valence-corrected chi connectivity index (χ3v) is 3.78. The van der Waals surface area contributed by atoms with Crippen LogP contribution in [0.25, 0.3) is 0 Å². The highest BCUT2D eigenvalue weighted by atomic mass is 16.2. The van der Waals surface area contributed by atoms with Crippen molar-refractivity contribution in [1.29, 1.82) is 0 Å². The zero-order chi connectivity index (χ0) is 13.0. The lowest BCUT2D eigenvalue weighted by Gasteiger charge is -2.36. The van der Waals surface area contributed by atoms with Crippen molar-refractivity contribution in [2.24, 2.45) is 7.05 Å². The summed E-state index contributed by atoms with van der Waals surface area (Å²) in [6, 6.07) is 4.24. The number of piperidine rings is 1. The van der Waals surface area contributed by atoms with E-state index in [0.717, 1.165) is 38.0 Å². The highest BCUT2D eigenvalue weighted by Crippen LogP contribution is 2.21. The first-order valence-electron chi connectivity index (χ1n) is 6.81. The number of carbonyl (C=O) groups excluding carboxylic acids is 1. The summed E-state index contributed by atoms with van der Waals surface area (Å²) in [5.41, 5.74) is 0.798. The van der Waals surface area contributed by atoms with Crippen LogP contribution in [0.4, 0.5) is 0 Å². The molecule has 0 aromatic carbocycles. The Hall–Kier alpha value is -1.29. The Kier molecular flexibility index (Phi) is 4.42. The van der Waals surface area contributed by atoms with Crippen molar-refractivity contribution in [1.82, 2.24) is 14.8 Å². The minimum absolute atomic E-state index is 0.184. The number of aryl methyl sites for hydroxylation is 1. The van der Waals surface area contributed by atoms with Crippen LogP contribution in [-0.4, -0.2) is 41.6 Å². The van der Waals surface area contributed by atoms with E-state index >= 15 is 0 Å². The predicted octanol–water partition coefficient (Wildman–Crippen LogP) is 1.63. The average Bonchev–Trinajstić information content (AvgIpc) is 2.82. The van der Waals surface area contributed by atoms with Gasteiger partial charge in [-0.25, -0.2) is 0 Å². The minimum atomic E-state index is 0.184. The Bertz CT molecular complexity index is 399. The minimum Gasteiger partial charge on any atom is -0.347 e. The number of nitrogens with zero attached hydrogens (tertiary/aromatic N) is 2. The van der Waals surface area contributed by atoms with E-state index in [2.05, 4.69) is 10.2 Å². The second kappa shape index (κ2) is 6.05. The van der Waals surface area contributed by atoms with Gasteiger partial charge in [0.25, 0.3) is 5.91 Å². The van der Waals surface area contributed by atoms with Crippen LogP contribution in [0.5, 0.6) is 0 Å². The molecule has 1 aromatic heterocycles. The number of amides is 1. The van der Waals surface area contributed by atoms with Crippen molar-refractivity contribution < 1.29 is 4.79 Å². The van der Waals surface area contributed by atoms with Crippen molar-refractivity contribution in [3.8, 4) is 0 Å². The number of hydrogen-bond donors (Lipinski definition) is 1. The van der Waals surface area contributed by atoms with Crippen molar-refractivity contribution in [2.45, 2.75) is 31.7 Å². The second-order valence-electron chi connectivity index (χ2n) is 5.04. The zero-order valence-electron chi connectivity index (χ0n) is 11.4. The van der Waals surface area contributed by atoms with Crippen LogP contribution in [-0.2, 0) is 7.05 Å². The molecule has 2 rings (SSSR count). The maximum atomic E-state index is 12.5. The van der Waals surface area contributed by atoms with Gasteiger partial charge in [0, 0.05) is 25.8 Å². The number of aromatic nitrogens is 1. The van der Waals surface area contributed by atoms with Crippen LogP contribution >= 0.6 is 0 Å². The quantitative estimate of drug-likeness (QED) is 0.880. The number of carbonyl (C=O) groups is 1. The molecule has 18 heavy (non-hydrogen) atoms. The van der Waals surface area contributed by atoms with Crippen molar-refractivity contribution in [2.75, 3.05) is 20.1 Å². The maximum Gasteiger partial charge on any atom is 0.270 e. The fourth-order valence-corrected chi connectivity index (χ4v) is 2.71. The molecule has 1 fully saturated rings. The molecule has 4 nitrogen and oxygen atoms in total. The van der Waals surface area contributed by atoms with Gasteiger partial charge in [-0.2, -0.15) is 0 Å². The van der Waals surface area contributed by atoms with Gasteiger partial charge in [-0.1, -0.05) is 0 Å². The van der Waals surface area contributed by atoms with E-state index in [4.69, 9.17) is 0 Å². The van der Waals surface area contributed by atoms with Gasteiger partial charge < -0.3 is 14.8 Å². The van der Waals surface area contributed by atoms with E-state index in [1.807, 2.05) is 37.0 Å². The van der Waals surface area contributed by atoms with Gasteiger partial charge in [-0.15, -0.1) is 0 Å². The zero-order valence-corrected chi connectivity index (χ0v) is 11.4. The molecule has 1 aliphatic heterocycles. The lowest BCUT2D eigenvalue weighted by Crippen LogP contribution is -2.45. The molecule has 1 N–H and O–H groups in total. The molecule has 1 aliphatic rings. The van der Waals surface area contributed by atoms with Crippen molar-refractivity contribution in [3.05, 3.63) is 24.0 Å². The molecule has 1 saturated heterocycles. The molecule has 0 aliphatic carbocycles. The standard InChI is InChI=1S/C14H23N3O/c1-15-9-8-12-6-3-4-11-17(12)14(18)13-7-5-10-16(13)2/h5,7,10,12,15H,3-4,6,8-9,11H2,1-2H3.